The average molecular weight is 643 g/mol. The third kappa shape index (κ3) is 9.26. The van der Waals surface area contributed by atoms with Crippen LogP contribution in [0.1, 0.15) is 48.7 Å². The molecule has 0 aliphatic rings. The summed E-state index contributed by atoms with van der Waals surface area (Å²) in [7, 11) is -3.93. The first kappa shape index (κ1) is 32.0. The lowest BCUT2D eigenvalue weighted by molar-refractivity contribution is -0.140. The normalized spacial score (nSPS) is 12.7. The number of carbonyl (C=O) groups excluding carboxylic acids is 3. The molecule has 0 fully saturated rings. The minimum absolute atomic E-state index is 0.0782. The molecule has 8 nitrogen and oxygen atoms in total. The van der Waals surface area contributed by atoms with Crippen LogP contribution in [0.3, 0.4) is 0 Å². The first-order valence-electron chi connectivity index (χ1n) is 13.4. The molecule has 0 radical (unpaired) electrons. The number of amides is 2. The third-order valence-corrected chi connectivity index (χ3v) is 8.37. The van der Waals surface area contributed by atoms with Gasteiger partial charge in [-0.1, -0.05) is 77.5 Å². The van der Waals surface area contributed by atoms with Gasteiger partial charge in [0.05, 0.1) is 11.9 Å². The van der Waals surface area contributed by atoms with E-state index in [9.17, 15) is 22.8 Å². The lowest BCUT2D eigenvalue weighted by Crippen LogP contribution is -2.54. The van der Waals surface area contributed by atoms with E-state index in [-0.39, 0.29) is 36.4 Å². The second kappa shape index (κ2) is 14.4. The van der Waals surface area contributed by atoms with E-state index in [1.807, 2.05) is 68.4 Å². The number of sulfonamides is 1. The molecule has 0 aliphatic heterocycles. The van der Waals surface area contributed by atoms with Gasteiger partial charge in [0.15, 0.2) is 5.78 Å². The monoisotopic (exact) mass is 641 g/mol. The zero-order chi connectivity index (χ0) is 30.2. The van der Waals surface area contributed by atoms with Gasteiger partial charge in [-0.05, 0) is 55.7 Å². The molecule has 1 N–H and O–H groups in total. The summed E-state index contributed by atoms with van der Waals surface area (Å²) in [5.41, 5.74) is 2.15. The molecule has 10 heteroatoms. The molecule has 3 aromatic carbocycles. The van der Waals surface area contributed by atoms with Gasteiger partial charge in [-0.15, -0.1) is 0 Å². The van der Waals surface area contributed by atoms with E-state index in [1.54, 1.807) is 12.1 Å². The Morgan fingerprint density at radius 2 is 1.59 bits per heavy atom. The van der Waals surface area contributed by atoms with Crippen molar-refractivity contribution in [2.24, 2.45) is 0 Å². The summed E-state index contributed by atoms with van der Waals surface area (Å²) in [5.74, 6) is -1.10. The Bertz CT molecular complexity index is 1480. The Kier molecular flexibility index (Phi) is 11.3. The second-order valence-electron chi connectivity index (χ2n) is 10.1. The topological polar surface area (TPSA) is 104 Å². The van der Waals surface area contributed by atoms with E-state index >= 15 is 0 Å². The molecule has 0 spiro atoms. The molecule has 0 aliphatic carbocycles. The standard InChI is InChI=1S/C31H36BrN3O5S/c1-5-22(2)33-31(38)29(18-24-11-7-6-8-12-24)34(20-25-13-9-15-27(32)17-25)30(37)21-35(41(4,39)40)28-16-10-14-26(19-28)23(3)36/h6-17,19,22,29H,5,18,20-21H2,1-4H3,(H,33,38). The van der Waals surface area contributed by atoms with Crippen LogP contribution < -0.4 is 9.62 Å². The average Bonchev–Trinajstić information content (AvgIpc) is 2.93. The molecule has 0 aromatic heterocycles. The van der Waals surface area contributed by atoms with Gasteiger partial charge in [-0.2, -0.15) is 0 Å². The first-order chi connectivity index (χ1) is 19.4. The van der Waals surface area contributed by atoms with Crippen LogP contribution in [-0.2, 0) is 32.6 Å². The number of halogens is 1. The minimum atomic E-state index is -3.93. The van der Waals surface area contributed by atoms with Crippen molar-refractivity contribution in [3.05, 3.63) is 100 Å². The highest BCUT2D eigenvalue weighted by atomic mass is 79.9. The van der Waals surface area contributed by atoms with Crippen molar-refractivity contribution in [1.29, 1.82) is 0 Å². The molecule has 0 bridgehead atoms. The van der Waals surface area contributed by atoms with Crippen molar-refractivity contribution in [2.75, 3.05) is 17.1 Å². The number of nitrogens with zero attached hydrogens (tertiary/aromatic N) is 2. The Morgan fingerprint density at radius 3 is 2.20 bits per heavy atom. The number of hydrogen-bond acceptors (Lipinski definition) is 5. The number of nitrogens with one attached hydrogen (secondary N) is 1. The van der Waals surface area contributed by atoms with Crippen molar-refractivity contribution in [1.82, 2.24) is 10.2 Å². The fraction of sp³-hybridized carbons (Fsp3) is 0.323. The lowest BCUT2D eigenvalue weighted by Gasteiger charge is -2.34. The largest absolute Gasteiger partial charge is 0.352 e. The summed E-state index contributed by atoms with van der Waals surface area (Å²) in [4.78, 5) is 41.3. The summed E-state index contributed by atoms with van der Waals surface area (Å²) in [6, 6.07) is 21.9. The van der Waals surface area contributed by atoms with Gasteiger partial charge < -0.3 is 10.2 Å². The molecule has 0 saturated carbocycles. The Hall–Kier alpha value is -3.50. The quantitative estimate of drug-likeness (QED) is 0.265. The summed E-state index contributed by atoms with van der Waals surface area (Å²) >= 11 is 3.47. The number of rotatable bonds is 13. The Labute approximate surface area is 250 Å². The molecule has 3 aromatic rings. The van der Waals surface area contributed by atoms with E-state index < -0.39 is 28.5 Å². The molecule has 0 saturated heterocycles. The van der Waals surface area contributed by atoms with E-state index in [1.165, 1.54) is 24.0 Å². The molecule has 2 unspecified atom stereocenters. The molecule has 218 valence electrons. The second-order valence-corrected chi connectivity index (χ2v) is 12.9. The lowest BCUT2D eigenvalue weighted by atomic mass is 10.0. The van der Waals surface area contributed by atoms with Crippen molar-refractivity contribution in [3.8, 4) is 0 Å². The fourth-order valence-electron chi connectivity index (χ4n) is 4.32. The number of Topliss-reactive ketones (excluding diaryl/α,β-unsaturated/α-hetero) is 1. The van der Waals surface area contributed by atoms with Gasteiger partial charge in [0.1, 0.15) is 12.6 Å². The molecule has 41 heavy (non-hydrogen) atoms. The van der Waals surface area contributed by atoms with Gasteiger partial charge >= 0.3 is 0 Å². The fourth-order valence-corrected chi connectivity index (χ4v) is 5.61. The number of benzene rings is 3. The van der Waals surface area contributed by atoms with Crippen molar-refractivity contribution in [2.45, 2.75) is 52.2 Å². The highest BCUT2D eigenvalue weighted by Gasteiger charge is 2.33. The third-order valence-electron chi connectivity index (χ3n) is 6.73. The number of anilines is 1. The predicted octanol–water partition coefficient (Wildman–Crippen LogP) is 4.97. The first-order valence-corrected chi connectivity index (χ1v) is 16.0. The minimum Gasteiger partial charge on any atom is -0.352 e. The zero-order valence-corrected chi connectivity index (χ0v) is 26.1. The molecule has 0 heterocycles. The molecule has 3 rings (SSSR count). The van der Waals surface area contributed by atoms with Crippen LogP contribution in [0.2, 0.25) is 0 Å². The maximum absolute atomic E-state index is 14.1. The van der Waals surface area contributed by atoms with Gasteiger partial charge in [-0.3, -0.25) is 18.7 Å². The number of hydrogen-bond donors (Lipinski definition) is 1. The molecular formula is C31H36BrN3O5S. The highest BCUT2D eigenvalue weighted by Crippen LogP contribution is 2.22. The van der Waals surface area contributed by atoms with Crippen LogP contribution >= 0.6 is 15.9 Å². The van der Waals surface area contributed by atoms with Gasteiger partial charge in [-0.25, -0.2) is 8.42 Å². The maximum Gasteiger partial charge on any atom is 0.244 e. The van der Waals surface area contributed by atoms with E-state index in [4.69, 9.17) is 0 Å². The van der Waals surface area contributed by atoms with Crippen LogP contribution in [0, 0.1) is 0 Å². The molecular weight excluding hydrogens is 606 g/mol. The molecule has 2 amide bonds. The summed E-state index contributed by atoms with van der Waals surface area (Å²) in [6.45, 7) is 4.77. The zero-order valence-electron chi connectivity index (χ0n) is 23.7. The van der Waals surface area contributed by atoms with Gasteiger partial charge in [0.25, 0.3) is 0 Å². The predicted molar refractivity (Wildman–Crippen MR) is 165 cm³/mol. The van der Waals surface area contributed by atoms with Crippen molar-refractivity contribution >= 4 is 49.2 Å². The highest BCUT2D eigenvalue weighted by molar-refractivity contribution is 9.10. The van der Waals surface area contributed by atoms with Crippen LogP contribution in [0.25, 0.3) is 0 Å². The van der Waals surface area contributed by atoms with E-state index in [2.05, 4.69) is 21.2 Å². The van der Waals surface area contributed by atoms with Crippen molar-refractivity contribution < 1.29 is 22.8 Å². The van der Waals surface area contributed by atoms with Gasteiger partial charge in [0, 0.05) is 29.0 Å². The van der Waals surface area contributed by atoms with Gasteiger partial charge in [0.2, 0.25) is 21.8 Å². The van der Waals surface area contributed by atoms with E-state index in [0.29, 0.717) is 12.0 Å². The maximum atomic E-state index is 14.1. The van der Waals surface area contributed by atoms with Crippen LogP contribution in [0.15, 0.2) is 83.3 Å². The summed E-state index contributed by atoms with van der Waals surface area (Å²) < 4.78 is 27.7. The molecule has 2 atom stereocenters. The van der Waals surface area contributed by atoms with Crippen LogP contribution in [0.5, 0.6) is 0 Å². The Morgan fingerprint density at radius 1 is 0.927 bits per heavy atom. The van der Waals surface area contributed by atoms with E-state index in [0.717, 1.165) is 26.2 Å². The Balaban J connectivity index is 2.08. The summed E-state index contributed by atoms with van der Waals surface area (Å²) in [6.07, 6.45) is 1.95. The van der Waals surface area contributed by atoms with Crippen LogP contribution in [-0.4, -0.2) is 55.8 Å². The SMILES string of the molecule is CCC(C)NC(=O)C(Cc1ccccc1)N(Cc1cccc(Br)c1)C(=O)CN(c1cccc(C(C)=O)c1)S(C)(=O)=O. The van der Waals surface area contributed by atoms with Crippen molar-refractivity contribution in [3.63, 3.8) is 0 Å². The number of ketones is 1. The smallest absolute Gasteiger partial charge is 0.244 e. The number of carbonyl (C=O) groups is 3. The summed E-state index contributed by atoms with van der Waals surface area (Å²) in [5, 5.41) is 3.01. The van der Waals surface area contributed by atoms with Crippen LogP contribution in [0.4, 0.5) is 5.69 Å².